The highest BCUT2D eigenvalue weighted by molar-refractivity contribution is 5.99. The van der Waals surface area contributed by atoms with Gasteiger partial charge in [0.2, 0.25) is 5.91 Å². The maximum Gasteiger partial charge on any atom is 0.230 e. The van der Waals surface area contributed by atoms with Crippen molar-refractivity contribution in [2.24, 2.45) is 5.92 Å². The molecule has 5 rings (SSSR count). The Hall–Kier alpha value is -2.18. The first-order valence-electron chi connectivity index (χ1n) is 10.2. The zero-order chi connectivity index (χ0) is 19.1. The third-order valence-corrected chi connectivity index (χ3v) is 6.34. The van der Waals surface area contributed by atoms with Gasteiger partial charge in [-0.2, -0.15) is 0 Å². The number of hydrogen-bond acceptors (Lipinski definition) is 3. The van der Waals surface area contributed by atoms with Gasteiger partial charge < -0.3 is 14.6 Å². The van der Waals surface area contributed by atoms with Crippen LogP contribution >= 0.6 is 0 Å². The van der Waals surface area contributed by atoms with E-state index < -0.39 is 0 Å². The van der Waals surface area contributed by atoms with E-state index in [1.165, 1.54) is 22.1 Å². The van der Waals surface area contributed by atoms with Crippen molar-refractivity contribution in [3.63, 3.8) is 0 Å². The molecule has 1 saturated heterocycles. The van der Waals surface area contributed by atoms with E-state index in [4.69, 9.17) is 4.74 Å². The Morgan fingerprint density at radius 1 is 1.29 bits per heavy atom. The lowest BCUT2D eigenvalue weighted by Crippen LogP contribution is -2.51. The lowest BCUT2D eigenvalue weighted by molar-refractivity contribution is -0.139. The van der Waals surface area contributed by atoms with Crippen molar-refractivity contribution >= 4 is 22.4 Å². The number of halogens is 1. The fourth-order valence-electron chi connectivity index (χ4n) is 5.01. The average Bonchev–Trinajstić information content (AvgIpc) is 3.16. The summed E-state index contributed by atoms with van der Waals surface area (Å²) in [6, 6.07) is 6.55. The van der Waals surface area contributed by atoms with Crippen molar-refractivity contribution in [1.29, 1.82) is 0 Å². The fourth-order valence-corrected chi connectivity index (χ4v) is 5.01. The third kappa shape index (κ3) is 2.95. The smallest absolute Gasteiger partial charge is 0.230 e. The van der Waals surface area contributed by atoms with Crippen LogP contribution in [0.2, 0.25) is 0 Å². The molecule has 2 aliphatic heterocycles. The number of carbonyl (C=O) groups excluding carboxylic acids is 1. The second-order valence-electron chi connectivity index (χ2n) is 7.97. The zero-order valence-corrected chi connectivity index (χ0v) is 16.0. The molecule has 1 aliphatic carbocycles. The van der Waals surface area contributed by atoms with Gasteiger partial charge >= 0.3 is 0 Å². The summed E-state index contributed by atoms with van der Waals surface area (Å²) in [4.78, 5) is 20.8. The molecule has 1 aromatic heterocycles. The number of rotatable bonds is 4. The largest absolute Gasteiger partial charge is 0.378 e. The molecule has 3 aliphatic rings. The topological polar surface area (TPSA) is 48.6 Å². The zero-order valence-electron chi connectivity index (χ0n) is 16.0. The van der Waals surface area contributed by atoms with Crippen LogP contribution in [0.1, 0.15) is 17.5 Å². The number of amides is 1. The van der Waals surface area contributed by atoms with Gasteiger partial charge in [0.15, 0.2) is 0 Å². The summed E-state index contributed by atoms with van der Waals surface area (Å²) in [6.45, 7) is 3.55. The number of hydrogen-bond donors (Lipinski definition) is 1. The van der Waals surface area contributed by atoms with Gasteiger partial charge in [-0.15, -0.1) is 0 Å². The van der Waals surface area contributed by atoms with E-state index in [2.05, 4.69) is 40.4 Å². The van der Waals surface area contributed by atoms with Gasteiger partial charge in [0.25, 0.3) is 0 Å². The Kier molecular flexibility index (Phi) is 4.69. The molecular weight excluding hydrogens is 357 g/mol. The van der Waals surface area contributed by atoms with Gasteiger partial charge in [0, 0.05) is 49.3 Å². The molecule has 5 nitrogen and oxygen atoms in total. The number of aromatic amines is 1. The molecule has 2 atom stereocenters. The summed E-state index contributed by atoms with van der Waals surface area (Å²) in [5.41, 5.74) is 4.91. The second-order valence-corrected chi connectivity index (χ2v) is 7.97. The Morgan fingerprint density at radius 3 is 2.96 bits per heavy atom. The van der Waals surface area contributed by atoms with Crippen LogP contribution in [0.15, 0.2) is 30.5 Å². The Morgan fingerprint density at radius 2 is 2.14 bits per heavy atom. The van der Waals surface area contributed by atoms with Crippen LogP contribution in [0.5, 0.6) is 0 Å². The van der Waals surface area contributed by atoms with E-state index in [9.17, 15) is 9.18 Å². The molecule has 0 spiro atoms. The van der Waals surface area contributed by atoms with Gasteiger partial charge in [0.1, 0.15) is 0 Å². The summed E-state index contributed by atoms with van der Waals surface area (Å²) in [6.07, 6.45) is 5.71. The maximum absolute atomic E-state index is 13.2. The maximum atomic E-state index is 13.2. The lowest BCUT2D eigenvalue weighted by Gasteiger charge is -2.42. The van der Waals surface area contributed by atoms with Crippen molar-refractivity contribution in [1.82, 2.24) is 14.8 Å². The molecule has 2 aromatic rings. The van der Waals surface area contributed by atoms with Crippen molar-refractivity contribution < 1.29 is 13.9 Å². The number of benzene rings is 1. The van der Waals surface area contributed by atoms with E-state index in [-0.39, 0.29) is 24.5 Å². The van der Waals surface area contributed by atoms with Crippen LogP contribution in [-0.4, -0.2) is 72.8 Å². The van der Waals surface area contributed by atoms with Crippen LogP contribution in [0, 0.1) is 5.92 Å². The number of ether oxygens (including phenoxy) is 1. The van der Waals surface area contributed by atoms with Crippen molar-refractivity contribution in [3.05, 3.63) is 41.6 Å². The molecule has 1 N–H and O–H groups in total. The van der Waals surface area contributed by atoms with Crippen LogP contribution < -0.4 is 0 Å². The molecule has 3 heterocycles. The van der Waals surface area contributed by atoms with E-state index in [1.54, 1.807) is 0 Å². The standard InChI is InChI=1S/C22H26FN3O2/c23-5-2-6-26-14-16(22(27)25-7-9-28-10-8-25)11-18-17-3-1-4-19-21(17)15(13-24-19)12-20(18)26/h1,3-4,11,13,16,20,24H,2,5-10,12,14H2/t16-,20-/m1/s1. The number of fused-ring (bicyclic) bond motifs is 2. The quantitative estimate of drug-likeness (QED) is 0.883. The molecule has 0 saturated carbocycles. The number of aromatic nitrogens is 1. The first kappa shape index (κ1) is 17.9. The van der Waals surface area contributed by atoms with Gasteiger partial charge in [0.05, 0.1) is 25.8 Å². The summed E-state index contributed by atoms with van der Waals surface area (Å²) >= 11 is 0. The van der Waals surface area contributed by atoms with Crippen molar-refractivity contribution in [2.45, 2.75) is 18.9 Å². The highest BCUT2D eigenvalue weighted by Gasteiger charge is 2.38. The van der Waals surface area contributed by atoms with Gasteiger partial charge in [-0.3, -0.25) is 14.1 Å². The number of morpholine rings is 1. The van der Waals surface area contributed by atoms with E-state index in [1.807, 2.05) is 4.90 Å². The number of nitrogens with one attached hydrogen (secondary N) is 1. The van der Waals surface area contributed by atoms with Gasteiger partial charge in [-0.1, -0.05) is 18.2 Å². The van der Waals surface area contributed by atoms with E-state index >= 15 is 0 Å². The molecule has 6 heteroatoms. The minimum atomic E-state index is -0.324. The highest BCUT2D eigenvalue weighted by atomic mass is 19.1. The molecule has 28 heavy (non-hydrogen) atoms. The number of nitrogens with zero attached hydrogens (tertiary/aromatic N) is 2. The molecule has 148 valence electrons. The summed E-state index contributed by atoms with van der Waals surface area (Å²) in [5.74, 6) is -0.00810. The van der Waals surface area contributed by atoms with Crippen LogP contribution in [-0.2, 0) is 16.0 Å². The highest BCUT2D eigenvalue weighted by Crippen LogP contribution is 2.41. The molecule has 1 amide bonds. The summed E-state index contributed by atoms with van der Waals surface area (Å²) in [7, 11) is 0. The monoisotopic (exact) mass is 383 g/mol. The van der Waals surface area contributed by atoms with Crippen LogP contribution in [0.3, 0.4) is 0 Å². The van der Waals surface area contributed by atoms with Gasteiger partial charge in [-0.05, 0) is 35.6 Å². The predicted molar refractivity (Wildman–Crippen MR) is 107 cm³/mol. The van der Waals surface area contributed by atoms with Crippen LogP contribution in [0.4, 0.5) is 4.39 Å². The first-order chi connectivity index (χ1) is 13.8. The molecule has 1 fully saturated rings. The second kappa shape index (κ2) is 7.33. The fraction of sp³-hybridized carbons (Fsp3) is 0.500. The minimum Gasteiger partial charge on any atom is -0.378 e. The molecule has 1 aromatic carbocycles. The van der Waals surface area contributed by atoms with Crippen LogP contribution in [0.25, 0.3) is 16.5 Å². The Balaban J connectivity index is 1.54. The lowest BCUT2D eigenvalue weighted by atomic mass is 9.79. The summed E-state index contributed by atoms with van der Waals surface area (Å²) < 4.78 is 18.4. The number of alkyl halides is 1. The molecular formula is C22H26FN3O2. The Labute approximate surface area is 164 Å². The average molecular weight is 383 g/mol. The minimum absolute atomic E-state index is 0.173. The van der Waals surface area contributed by atoms with Crippen molar-refractivity contribution in [2.75, 3.05) is 46.1 Å². The normalized spacial score (nSPS) is 24.9. The van der Waals surface area contributed by atoms with Crippen molar-refractivity contribution in [3.8, 4) is 0 Å². The SMILES string of the molecule is O=C([C@@H]1C=C2c3cccc4[nH]cc(c34)C[C@H]2N(CCCF)C1)N1CCOCC1. The molecule has 0 unspecified atom stereocenters. The van der Waals surface area contributed by atoms with Gasteiger partial charge in [-0.25, -0.2) is 0 Å². The molecule has 0 radical (unpaired) electrons. The molecule has 0 bridgehead atoms. The first-order valence-corrected chi connectivity index (χ1v) is 10.2. The third-order valence-electron chi connectivity index (χ3n) is 6.34. The predicted octanol–water partition coefficient (Wildman–Crippen LogP) is 2.63. The van der Waals surface area contributed by atoms with E-state index in [0.717, 1.165) is 11.9 Å². The summed E-state index contributed by atoms with van der Waals surface area (Å²) in [5, 5.41) is 1.27. The number of H-pyrrole nitrogens is 1. The van der Waals surface area contributed by atoms with E-state index in [0.29, 0.717) is 45.8 Å². The Bertz CT molecular complexity index is 916. The number of carbonyl (C=O) groups is 1.